The first-order chi connectivity index (χ1) is 13.8. The fourth-order valence-corrected chi connectivity index (χ4v) is 4.18. The second kappa shape index (κ2) is 8.56. The molecule has 2 atom stereocenters. The summed E-state index contributed by atoms with van der Waals surface area (Å²) in [5.74, 6) is -1.12. The number of carbonyl (C=O) groups excluding carboxylic acids is 1. The molecule has 0 amide bonds. The maximum absolute atomic E-state index is 12.8. The number of phenolic OH excluding ortho intramolecular Hbond substituents is 3. The molecule has 2 aromatic rings. The Hall–Kier alpha value is -3.01. The summed E-state index contributed by atoms with van der Waals surface area (Å²) in [7, 11) is 0. The number of hydrogen-bond acceptors (Lipinski definition) is 4. The minimum Gasteiger partial charge on any atom is -0.507 e. The van der Waals surface area contributed by atoms with Crippen LogP contribution in [0.15, 0.2) is 54.1 Å². The molecule has 2 aromatic carbocycles. The van der Waals surface area contributed by atoms with Gasteiger partial charge >= 0.3 is 0 Å². The van der Waals surface area contributed by atoms with E-state index in [4.69, 9.17) is 0 Å². The second-order valence-electron chi connectivity index (χ2n) is 8.15. The van der Waals surface area contributed by atoms with Crippen molar-refractivity contribution in [3.05, 3.63) is 70.8 Å². The van der Waals surface area contributed by atoms with E-state index in [-0.39, 0.29) is 28.9 Å². The summed E-state index contributed by atoms with van der Waals surface area (Å²) in [5, 5.41) is 31.8. The van der Waals surface area contributed by atoms with Crippen LogP contribution in [0, 0.1) is 11.8 Å². The van der Waals surface area contributed by atoms with Crippen LogP contribution < -0.4 is 0 Å². The summed E-state index contributed by atoms with van der Waals surface area (Å²) in [5.41, 5.74) is 2.17. The highest BCUT2D eigenvalue weighted by Crippen LogP contribution is 2.49. The molecule has 3 N–H and O–H groups in total. The summed E-state index contributed by atoms with van der Waals surface area (Å²) in [6.07, 6.45) is 6.95. The highest BCUT2D eigenvalue weighted by atomic mass is 16.3. The van der Waals surface area contributed by atoms with Gasteiger partial charge in [-0.05, 0) is 43.2 Å². The number of aromatic hydroxyl groups is 3. The summed E-state index contributed by atoms with van der Waals surface area (Å²) >= 11 is 0. The Bertz CT molecular complexity index is 955. The van der Waals surface area contributed by atoms with Crippen molar-refractivity contribution < 1.29 is 20.1 Å². The van der Waals surface area contributed by atoms with Crippen LogP contribution in [0.25, 0.3) is 6.08 Å². The first-order valence-corrected chi connectivity index (χ1v) is 10.0. The van der Waals surface area contributed by atoms with Crippen molar-refractivity contribution in [1.29, 1.82) is 0 Å². The summed E-state index contributed by atoms with van der Waals surface area (Å²) in [6, 6.07) is 10.5. The van der Waals surface area contributed by atoms with E-state index in [0.29, 0.717) is 11.5 Å². The van der Waals surface area contributed by atoms with Crippen LogP contribution in [0.5, 0.6) is 17.2 Å². The van der Waals surface area contributed by atoms with Crippen molar-refractivity contribution in [2.75, 3.05) is 0 Å². The van der Waals surface area contributed by atoms with Crippen LogP contribution in [0.3, 0.4) is 0 Å². The largest absolute Gasteiger partial charge is 0.507 e. The molecule has 0 fully saturated rings. The molecule has 0 spiro atoms. The van der Waals surface area contributed by atoms with Crippen LogP contribution in [0.1, 0.15) is 61.0 Å². The molecule has 0 radical (unpaired) electrons. The van der Waals surface area contributed by atoms with E-state index in [2.05, 4.69) is 19.9 Å². The topological polar surface area (TPSA) is 77.8 Å². The lowest BCUT2D eigenvalue weighted by Gasteiger charge is -2.34. The molecule has 0 bridgehead atoms. The highest BCUT2D eigenvalue weighted by molar-refractivity contribution is 6.11. The Kier molecular flexibility index (Phi) is 6.12. The van der Waals surface area contributed by atoms with Crippen molar-refractivity contribution in [2.24, 2.45) is 11.8 Å². The Morgan fingerprint density at radius 2 is 1.79 bits per heavy atom. The molecule has 29 heavy (non-hydrogen) atoms. The molecule has 0 unspecified atom stereocenters. The second-order valence-corrected chi connectivity index (χ2v) is 8.15. The van der Waals surface area contributed by atoms with Crippen LogP contribution >= 0.6 is 0 Å². The van der Waals surface area contributed by atoms with Gasteiger partial charge < -0.3 is 15.3 Å². The third-order valence-electron chi connectivity index (χ3n) is 5.76. The van der Waals surface area contributed by atoms with Crippen LogP contribution in [-0.2, 0) is 0 Å². The van der Waals surface area contributed by atoms with Crippen molar-refractivity contribution in [3.63, 3.8) is 0 Å². The zero-order chi connectivity index (χ0) is 21.1. The fraction of sp³-hybridized carbons (Fsp3) is 0.320. The number of benzene rings is 2. The smallest absolute Gasteiger partial charge is 0.193 e. The molecule has 4 nitrogen and oxygen atoms in total. The lowest BCUT2D eigenvalue weighted by molar-refractivity contribution is 0.104. The molecule has 152 valence electrons. The van der Waals surface area contributed by atoms with E-state index in [1.165, 1.54) is 11.6 Å². The first kappa shape index (κ1) is 20.7. The van der Waals surface area contributed by atoms with E-state index in [1.54, 1.807) is 6.08 Å². The molecule has 1 aliphatic rings. The molecular weight excluding hydrogens is 364 g/mol. The number of rotatable bonds is 5. The van der Waals surface area contributed by atoms with Crippen molar-refractivity contribution in [3.8, 4) is 17.2 Å². The summed E-state index contributed by atoms with van der Waals surface area (Å²) < 4.78 is 0. The molecule has 0 saturated carbocycles. The number of allylic oxidation sites excluding steroid dienone is 3. The third-order valence-corrected chi connectivity index (χ3v) is 5.76. The monoisotopic (exact) mass is 392 g/mol. The highest BCUT2D eigenvalue weighted by Gasteiger charge is 2.33. The minimum atomic E-state index is -0.511. The standard InChI is InChI=1S/C25H28O4/c1-15(2)18-11-9-16(3)13-19(18)23-21(27)14-22(28)24(25(23)29)20(26)12-10-17-7-5-4-6-8-17/h4-8,10,12-15,18-19,27-29H,9,11H2,1-3H3/b12-10+/t18-,19+/m1/s1. The van der Waals surface area contributed by atoms with E-state index >= 15 is 0 Å². The van der Waals surface area contributed by atoms with Gasteiger partial charge in [0, 0.05) is 17.5 Å². The van der Waals surface area contributed by atoms with E-state index in [1.807, 2.05) is 37.3 Å². The first-order valence-electron chi connectivity index (χ1n) is 10.0. The molecule has 0 heterocycles. The molecular formula is C25H28O4. The molecule has 0 aromatic heterocycles. The van der Waals surface area contributed by atoms with Crippen LogP contribution in [-0.4, -0.2) is 21.1 Å². The van der Waals surface area contributed by atoms with Gasteiger partial charge in [0.05, 0.1) is 0 Å². The van der Waals surface area contributed by atoms with Crippen molar-refractivity contribution in [2.45, 2.75) is 39.5 Å². The van der Waals surface area contributed by atoms with Crippen LogP contribution in [0.2, 0.25) is 0 Å². The molecule has 4 heteroatoms. The maximum atomic E-state index is 12.8. The Morgan fingerprint density at radius 3 is 2.45 bits per heavy atom. The molecule has 0 aliphatic heterocycles. The normalized spacial score (nSPS) is 19.5. The van der Waals surface area contributed by atoms with Gasteiger partial charge in [-0.1, -0.05) is 61.9 Å². The Labute approximate surface area is 171 Å². The van der Waals surface area contributed by atoms with Gasteiger partial charge in [-0.15, -0.1) is 0 Å². The van der Waals surface area contributed by atoms with Gasteiger partial charge in [0.1, 0.15) is 22.8 Å². The Balaban J connectivity index is 2.05. The fourth-order valence-electron chi connectivity index (χ4n) is 4.18. The zero-order valence-corrected chi connectivity index (χ0v) is 17.1. The average Bonchev–Trinajstić information content (AvgIpc) is 2.66. The van der Waals surface area contributed by atoms with E-state index in [0.717, 1.165) is 24.5 Å². The lowest BCUT2D eigenvalue weighted by atomic mass is 9.71. The third kappa shape index (κ3) is 4.37. The molecule has 0 saturated heterocycles. The van der Waals surface area contributed by atoms with Gasteiger partial charge in [0.15, 0.2) is 5.78 Å². The lowest BCUT2D eigenvalue weighted by Crippen LogP contribution is -2.21. The van der Waals surface area contributed by atoms with Gasteiger partial charge in [-0.25, -0.2) is 0 Å². The quantitative estimate of drug-likeness (QED) is 0.342. The van der Waals surface area contributed by atoms with Gasteiger partial charge in [0.2, 0.25) is 0 Å². The predicted octanol–water partition coefficient (Wildman–Crippen LogP) is 5.80. The number of phenols is 3. The van der Waals surface area contributed by atoms with Gasteiger partial charge in [-0.2, -0.15) is 0 Å². The predicted molar refractivity (Wildman–Crippen MR) is 115 cm³/mol. The number of ketones is 1. The Morgan fingerprint density at radius 1 is 1.10 bits per heavy atom. The zero-order valence-electron chi connectivity index (χ0n) is 17.1. The SMILES string of the molecule is CC1=C[C@H](c2c(O)cc(O)c(C(=O)/C=C/c3ccccc3)c2O)[C@@H](C(C)C)CC1. The van der Waals surface area contributed by atoms with Crippen molar-refractivity contribution >= 4 is 11.9 Å². The maximum Gasteiger partial charge on any atom is 0.193 e. The number of carbonyl (C=O) groups is 1. The van der Waals surface area contributed by atoms with E-state index in [9.17, 15) is 20.1 Å². The molecule has 1 aliphatic carbocycles. The molecule has 3 rings (SSSR count). The summed E-state index contributed by atoms with van der Waals surface area (Å²) in [4.78, 5) is 12.8. The minimum absolute atomic E-state index is 0.177. The van der Waals surface area contributed by atoms with E-state index < -0.39 is 11.5 Å². The van der Waals surface area contributed by atoms with Gasteiger partial charge in [-0.3, -0.25) is 4.79 Å². The average molecular weight is 392 g/mol. The number of hydrogen-bond donors (Lipinski definition) is 3. The summed E-state index contributed by atoms with van der Waals surface area (Å²) in [6.45, 7) is 6.28. The van der Waals surface area contributed by atoms with Crippen molar-refractivity contribution in [1.82, 2.24) is 0 Å². The van der Waals surface area contributed by atoms with Crippen LogP contribution in [0.4, 0.5) is 0 Å². The van der Waals surface area contributed by atoms with Gasteiger partial charge in [0.25, 0.3) is 0 Å².